The Balaban J connectivity index is 3.15. The Bertz CT molecular complexity index is 434. The van der Waals surface area contributed by atoms with Crippen LogP contribution in [-0.2, 0) is 0 Å². The number of nitrogens with zero attached hydrogens (tertiary/aromatic N) is 3. The first kappa shape index (κ1) is 14.2. The number of rotatable bonds is 5. The van der Waals surface area contributed by atoms with Crippen molar-refractivity contribution in [3.63, 3.8) is 0 Å². The molecule has 6 heteroatoms. The van der Waals surface area contributed by atoms with E-state index in [0.29, 0.717) is 17.6 Å². The van der Waals surface area contributed by atoms with E-state index in [4.69, 9.17) is 0 Å². The average molecular weight is 252 g/mol. The minimum atomic E-state index is -0.403. The predicted octanol–water partition coefficient (Wildman–Crippen LogP) is 2.51. The highest BCUT2D eigenvalue weighted by molar-refractivity contribution is 5.55. The molecule has 1 N–H and O–H groups in total. The van der Waals surface area contributed by atoms with E-state index in [9.17, 15) is 10.1 Å². The molecule has 1 heterocycles. The highest BCUT2D eigenvalue weighted by Gasteiger charge is 2.18. The van der Waals surface area contributed by atoms with Crippen LogP contribution in [0.3, 0.4) is 0 Å². The van der Waals surface area contributed by atoms with Gasteiger partial charge in [0.25, 0.3) is 5.69 Å². The van der Waals surface area contributed by atoms with Crippen LogP contribution in [0.15, 0.2) is 12.1 Å². The van der Waals surface area contributed by atoms with Crippen LogP contribution in [0, 0.1) is 16.0 Å². The maximum atomic E-state index is 10.9. The summed E-state index contributed by atoms with van der Waals surface area (Å²) in [6, 6.07) is 3.18. The largest absolute Gasteiger partial charge is 0.373 e. The topological polar surface area (TPSA) is 71.3 Å². The molecule has 1 rings (SSSR count). The molecule has 0 bridgehead atoms. The second-order valence-electron chi connectivity index (χ2n) is 4.67. The fourth-order valence-electron chi connectivity index (χ4n) is 1.57. The van der Waals surface area contributed by atoms with Crippen molar-refractivity contribution in [3.05, 3.63) is 22.2 Å². The lowest BCUT2D eigenvalue weighted by atomic mass is 10.1. The molecule has 1 unspecified atom stereocenters. The highest BCUT2D eigenvalue weighted by atomic mass is 16.6. The third kappa shape index (κ3) is 3.09. The van der Waals surface area contributed by atoms with Gasteiger partial charge in [0, 0.05) is 20.1 Å². The summed E-state index contributed by atoms with van der Waals surface area (Å²) < 4.78 is 0. The Kier molecular flexibility index (Phi) is 4.47. The molecule has 1 aromatic heterocycles. The first-order valence-electron chi connectivity index (χ1n) is 5.94. The molecule has 0 saturated heterocycles. The minimum absolute atomic E-state index is 0.0483. The highest BCUT2D eigenvalue weighted by Crippen LogP contribution is 2.24. The van der Waals surface area contributed by atoms with Crippen molar-refractivity contribution in [2.45, 2.75) is 26.8 Å². The molecule has 18 heavy (non-hydrogen) atoms. The molecule has 0 aromatic carbocycles. The SMILES string of the molecule is CNc1cc([N+](=O)[O-])cc(N(C)C(C)C(C)C)n1. The van der Waals surface area contributed by atoms with Crippen molar-refractivity contribution >= 4 is 17.3 Å². The maximum absolute atomic E-state index is 10.9. The summed E-state index contributed by atoms with van der Waals surface area (Å²) >= 11 is 0. The zero-order chi connectivity index (χ0) is 13.9. The summed E-state index contributed by atoms with van der Waals surface area (Å²) in [7, 11) is 3.60. The summed E-state index contributed by atoms with van der Waals surface area (Å²) in [5.41, 5.74) is 0.0483. The quantitative estimate of drug-likeness (QED) is 0.644. The molecule has 0 spiro atoms. The Morgan fingerprint density at radius 3 is 2.44 bits per heavy atom. The number of nitro groups is 1. The molecule has 1 aromatic rings. The molecule has 100 valence electrons. The van der Waals surface area contributed by atoms with Gasteiger partial charge in [0.05, 0.1) is 17.1 Å². The normalized spacial score (nSPS) is 12.3. The van der Waals surface area contributed by atoms with E-state index in [0.717, 1.165) is 0 Å². The second kappa shape index (κ2) is 5.66. The van der Waals surface area contributed by atoms with E-state index in [-0.39, 0.29) is 11.7 Å². The predicted molar refractivity (Wildman–Crippen MR) is 73.1 cm³/mol. The number of hydrogen-bond acceptors (Lipinski definition) is 5. The lowest BCUT2D eigenvalue weighted by Crippen LogP contribution is -2.33. The summed E-state index contributed by atoms with van der Waals surface area (Å²) in [6.45, 7) is 6.29. The van der Waals surface area contributed by atoms with Gasteiger partial charge in [-0.2, -0.15) is 0 Å². The van der Waals surface area contributed by atoms with Crippen LogP contribution < -0.4 is 10.2 Å². The van der Waals surface area contributed by atoms with E-state index in [1.54, 1.807) is 7.05 Å². The lowest BCUT2D eigenvalue weighted by Gasteiger charge is -2.29. The molecule has 0 saturated carbocycles. The Morgan fingerprint density at radius 1 is 1.39 bits per heavy atom. The van der Waals surface area contributed by atoms with Crippen LogP contribution in [0.5, 0.6) is 0 Å². The first-order valence-corrected chi connectivity index (χ1v) is 5.94. The fourth-order valence-corrected chi connectivity index (χ4v) is 1.57. The van der Waals surface area contributed by atoms with Crippen molar-refractivity contribution in [2.75, 3.05) is 24.3 Å². The lowest BCUT2D eigenvalue weighted by molar-refractivity contribution is -0.384. The summed E-state index contributed by atoms with van der Waals surface area (Å²) in [5.74, 6) is 1.55. The number of hydrogen-bond donors (Lipinski definition) is 1. The van der Waals surface area contributed by atoms with E-state index >= 15 is 0 Å². The van der Waals surface area contributed by atoms with Crippen LogP contribution >= 0.6 is 0 Å². The van der Waals surface area contributed by atoms with Gasteiger partial charge in [-0.1, -0.05) is 13.8 Å². The smallest absolute Gasteiger partial charge is 0.276 e. The fraction of sp³-hybridized carbons (Fsp3) is 0.583. The van der Waals surface area contributed by atoms with Gasteiger partial charge in [-0.25, -0.2) is 4.98 Å². The number of nitrogens with one attached hydrogen (secondary N) is 1. The minimum Gasteiger partial charge on any atom is -0.373 e. The third-order valence-electron chi connectivity index (χ3n) is 3.20. The molecule has 6 nitrogen and oxygen atoms in total. The van der Waals surface area contributed by atoms with Gasteiger partial charge in [-0.15, -0.1) is 0 Å². The van der Waals surface area contributed by atoms with Crippen LogP contribution in [0.4, 0.5) is 17.3 Å². The molecule has 0 radical (unpaired) electrons. The van der Waals surface area contributed by atoms with Gasteiger partial charge in [0.15, 0.2) is 0 Å². The standard InChI is InChI=1S/C12H20N4O2/c1-8(2)9(3)15(5)12-7-10(16(17)18)6-11(13-4)14-12/h6-9H,1-5H3,(H,13,14). The zero-order valence-corrected chi connectivity index (χ0v) is 11.5. The summed E-state index contributed by atoms with van der Waals surface area (Å²) in [4.78, 5) is 16.8. The van der Waals surface area contributed by atoms with Crippen molar-refractivity contribution in [3.8, 4) is 0 Å². The second-order valence-corrected chi connectivity index (χ2v) is 4.67. The molecule has 0 aliphatic carbocycles. The van der Waals surface area contributed by atoms with E-state index in [1.165, 1.54) is 12.1 Å². The molecular formula is C12H20N4O2. The van der Waals surface area contributed by atoms with E-state index in [1.807, 2.05) is 11.9 Å². The van der Waals surface area contributed by atoms with Gasteiger partial charge >= 0.3 is 0 Å². The maximum Gasteiger partial charge on any atom is 0.276 e. The van der Waals surface area contributed by atoms with Gasteiger partial charge in [0.2, 0.25) is 0 Å². The van der Waals surface area contributed by atoms with E-state index < -0.39 is 4.92 Å². The first-order chi connectivity index (χ1) is 8.36. The van der Waals surface area contributed by atoms with Crippen LogP contribution in [0.25, 0.3) is 0 Å². The van der Waals surface area contributed by atoms with Gasteiger partial charge in [-0.05, 0) is 12.8 Å². The van der Waals surface area contributed by atoms with Gasteiger partial charge in [-0.3, -0.25) is 10.1 Å². The summed E-state index contributed by atoms with van der Waals surface area (Å²) in [6.07, 6.45) is 0. The Hall–Kier alpha value is -1.85. The van der Waals surface area contributed by atoms with Crippen LogP contribution in [-0.4, -0.2) is 30.0 Å². The average Bonchev–Trinajstić information content (AvgIpc) is 2.35. The van der Waals surface area contributed by atoms with Gasteiger partial charge < -0.3 is 10.2 Å². The molecule has 0 fully saturated rings. The van der Waals surface area contributed by atoms with Crippen LogP contribution in [0.2, 0.25) is 0 Å². The number of pyridine rings is 1. The molecule has 1 atom stereocenters. The monoisotopic (exact) mass is 252 g/mol. The third-order valence-corrected chi connectivity index (χ3v) is 3.20. The molecule has 0 aliphatic rings. The molecular weight excluding hydrogens is 232 g/mol. The Labute approximate surface area is 107 Å². The van der Waals surface area contributed by atoms with Crippen molar-refractivity contribution in [1.29, 1.82) is 0 Å². The molecule has 0 aliphatic heterocycles. The Morgan fingerprint density at radius 2 is 2.00 bits per heavy atom. The zero-order valence-electron chi connectivity index (χ0n) is 11.5. The summed E-state index contributed by atoms with van der Waals surface area (Å²) in [5, 5.41) is 13.7. The number of anilines is 2. The number of aromatic nitrogens is 1. The van der Waals surface area contributed by atoms with Crippen molar-refractivity contribution in [2.24, 2.45) is 5.92 Å². The van der Waals surface area contributed by atoms with E-state index in [2.05, 4.69) is 31.1 Å². The molecule has 0 amide bonds. The van der Waals surface area contributed by atoms with Crippen molar-refractivity contribution < 1.29 is 4.92 Å². The van der Waals surface area contributed by atoms with Crippen LogP contribution in [0.1, 0.15) is 20.8 Å². The van der Waals surface area contributed by atoms with Crippen molar-refractivity contribution in [1.82, 2.24) is 4.98 Å². The van der Waals surface area contributed by atoms with Gasteiger partial charge in [0.1, 0.15) is 11.6 Å².